The Morgan fingerprint density at radius 2 is 1.56 bits per heavy atom. The van der Waals surface area contributed by atoms with E-state index in [1.165, 1.54) is 5.56 Å². The molecule has 1 heterocycles. The number of hydrogen-bond donors (Lipinski definition) is 0. The highest BCUT2D eigenvalue weighted by atomic mass is 16.4. The van der Waals surface area contributed by atoms with E-state index in [4.69, 9.17) is 4.42 Å². The second-order valence-electron chi connectivity index (χ2n) is 7.17. The lowest BCUT2D eigenvalue weighted by molar-refractivity contribution is 0.0992. The van der Waals surface area contributed by atoms with E-state index in [0.29, 0.717) is 22.6 Å². The lowest BCUT2D eigenvalue weighted by Gasteiger charge is -2.07. The largest absolute Gasteiger partial charge is 0.422 e. The smallest absolute Gasteiger partial charge is 0.339 e. The highest BCUT2D eigenvalue weighted by Gasteiger charge is 2.13. The van der Waals surface area contributed by atoms with E-state index in [1.807, 2.05) is 60.7 Å². The molecule has 0 aliphatic heterocycles. The Kier molecular flexibility index (Phi) is 4.36. The quantitative estimate of drug-likeness (QED) is 0.276. The molecule has 0 radical (unpaired) electrons. The molecule has 0 aliphatic rings. The van der Waals surface area contributed by atoms with Gasteiger partial charge in [-0.05, 0) is 40.5 Å². The fraction of sp³-hybridized carbons (Fsp3) is 0.167. The number of carbonyl (C=O) groups is 1. The van der Waals surface area contributed by atoms with Crippen LogP contribution in [0.4, 0.5) is 0 Å². The van der Waals surface area contributed by atoms with Gasteiger partial charge in [-0.25, -0.2) is 4.79 Å². The van der Waals surface area contributed by atoms with Crippen LogP contribution in [0.15, 0.2) is 75.9 Å². The summed E-state index contributed by atoms with van der Waals surface area (Å²) < 4.78 is 5.48. The molecule has 0 saturated carbocycles. The molecule has 0 saturated heterocycles. The van der Waals surface area contributed by atoms with Gasteiger partial charge in [-0.3, -0.25) is 4.79 Å². The fourth-order valence-corrected chi connectivity index (χ4v) is 3.30. The molecule has 0 amide bonds. The summed E-state index contributed by atoms with van der Waals surface area (Å²) in [5.74, 6) is 0.328. The maximum absolute atomic E-state index is 12.6. The van der Waals surface area contributed by atoms with Gasteiger partial charge in [0.2, 0.25) is 0 Å². The maximum Gasteiger partial charge on any atom is 0.339 e. The summed E-state index contributed by atoms with van der Waals surface area (Å²) in [7, 11) is 0. The van der Waals surface area contributed by atoms with E-state index in [0.717, 1.165) is 16.2 Å². The number of benzene rings is 3. The Morgan fingerprint density at radius 1 is 0.889 bits per heavy atom. The summed E-state index contributed by atoms with van der Waals surface area (Å²) in [6.07, 6.45) is 0.0339. The van der Waals surface area contributed by atoms with Crippen LogP contribution in [0.3, 0.4) is 0 Å². The number of carbonyl (C=O) groups excluding carboxylic acids is 1. The van der Waals surface area contributed by atoms with Crippen LogP contribution >= 0.6 is 0 Å². The minimum Gasteiger partial charge on any atom is -0.422 e. The molecule has 27 heavy (non-hydrogen) atoms. The van der Waals surface area contributed by atoms with Gasteiger partial charge < -0.3 is 4.42 Å². The Hall–Kier alpha value is -3.20. The molecule has 0 fully saturated rings. The van der Waals surface area contributed by atoms with E-state index >= 15 is 0 Å². The van der Waals surface area contributed by atoms with Crippen molar-refractivity contribution in [1.82, 2.24) is 0 Å². The first-order chi connectivity index (χ1) is 13.0. The highest BCUT2D eigenvalue weighted by Crippen LogP contribution is 2.23. The Morgan fingerprint density at radius 3 is 2.22 bits per heavy atom. The second kappa shape index (κ2) is 6.84. The zero-order valence-corrected chi connectivity index (χ0v) is 15.4. The standard InChI is InChI=1S/C24H20O3/c1-15(2)16-7-9-17(10-8-16)22(25)13-21-12-20-11-18-5-3-4-6-19(18)14-23(20)27-24(21)26/h3-12,14-15H,13H2,1-2H3. The van der Waals surface area contributed by atoms with Crippen LogP contribution in [0, 0.1) is 0 Å². The molecule has 3 heteroatoms. The number of ketones is 1. The van der Waals surface area contributed by atoms with Gasteiger partial charge in [0.05, 0.1) is 0 Å². The summed E-state index contributed by atoms with van der Waals surface area (Å²) in [4.78, 5) is 25.0. The van der Waals surface area contributed by atoms with E-state index in [9.17, 15) is 9.59 Å². The van der Waals surface area contributed by atoms with Crippen molar-refractivity contribution in [3.63, 3.8) is 0 Å². The van der Waals surface area contributed by atoms with Crippen molar-refractivity contribution in [3.05, 3.63) is 93.8 Å². The predicted octanol–water partition coefficient (Wildman–Crippen LogP) is 5.50. The molecule has 0 unspecified atom stereocenters. The summed E-state index contributed by atoms with van der Waals surface area (Å²) in [5.41, 5.74) is 2.26. The highest BCUT2D eigenvalue weighted by molar-refractivity contribution is 5.99. The average molecular weight is 356 g/mol. The molecule has 134 valence electrons. The number of Topliss-reactive ketones (excluding diaryl/α,β-unsaturated/α-hetero) is 1. The van der Waals surface area contributed by atoms with Crippen molar-refractivity contribution in [2.45, 2.75) is 26.2 Å². The zero-order chi connectivity index (χ0) is 19.0. The second-order valence-corrected chi connectivity index (χ2v) is 7.17. The molecule has 0 aliphatic carbocycles. The Bertz CT molecular complexity index is 1200. The van der Waals surface area contributed by atoms with Crippen LogP contribution in [0.25, 0.3) is 21.7 Å². The fourth-order valence-electron chi connectivity index (χ4n) is 3.30. The van der Waals surface area contributed by atoms with Crippen molar-refractivity contribution in [3.8, 4) is 0 Å². The first kappa shape index (κ1) is 17.2. The van der Waals surface area contributed by atoms with Crippen LogP contribution in [0.1, 0.15) is 41.3 Å². The van der Waals surface area contributed by atoms with Crippen molar-refractivity contribution in [2.24, 2.45) is 0 Å². The molecule has 0 bridgehead atoms. The van der Waals surface area contributed by atoms with Crippen LogP contribution < -0.4 is 5.63 Å². The van der Waals surface area contributed by atoms with E-state index < -0.39 is 5.63 Å². The molecule has 1 aromatic heterocycles. The third-order valence-electron chi connectivity index (χ3n) is 4.92. The molecule has 3 nitrogen and oxygen atoms in total. The SMILES string of the molecule is CC(C)c1ccc(C(=O)Cc2cc3cc4ccccc4cc3oc2=O)cc1. The minimum atomic E-state index is -0.454. The van der Waals surface area contributed by atoms with E-state index in [1.54, 1.807) is 6.07 Å². The van der Waals surface area contributed by atoms with Crippen molar-refractivity contribution < 1.29 is 9.21 Å². The maximum atomic E-state index is 12.6. The van der Waals surface area contributed by atoms with Gasteiger partial charge in [-0.2, -0.15) is 0 Å². The summed E-state index contributed by atoms with van der Waals surface area (Å²) in [6.45, 7) is 4.22. The molecule has 3 aromatic carbocycles. The molecule has 0 spiro atoms. The third-order valence-corrected chi connectivity index (χ3v) is 4.92. The lowest BCUT2D eigenvalue weighted by atomic mass is 9.98. The summed E-state index contributed by atoms with van der Waals surface area (Å²) in [5, 5.41) is 2.91. The Balaban J connectivity index is 1.68. The van der Waals surface area contributed by atoms with Crippen molar-refractivity contribution in [1.29, 1.82) is 0 Å². The van der Waals surface area contributed by atoms with Crippen LogP contribution in [0.2, 0.25) is 0 Å². The average Bonchev–Trinajstić information content (AvgIpc) is 2.67. The van der Waals surface area contributed by atoms with Crippen molar-refractivity contribution >= 4 is 27.5 Å². The number of rotatable bonds is 4. The van der Waals surface area contributed by atoms with Crippen LogP contribution in [0.5, 0.6) is 0 Å². The third kappa shape index (κ3) is 3.41. The van der Waals surface area contributed by atoms with Gasteiger partial charge >= 0.3 is 5.63 Å². The summed E-state index contributed by atoms with van der Waals surface area (Å²) >= 11 is 0. The van der Waals surface area contributed by atoms with Gasteiger partial charge in [0.1, 0.15) is 5.58 Å². The van der Waals surface area contributed by atoms with Gasteiger partial charge in [0.25, 0.3) is 0 Å². The van der Waals surface area contributed by atoms with Gasteiger partial charge in [0, 0.05) is 22.9 Å². The topological polar surface area (TPSA) is 47.3 Å². The van der Waals surface area contributed by atoms with Crippen LogP contribution in [-0.2, 0) is 6.42 Å². The monoisotopic (exact) mass is 356 g/mol. The van der Waals surface area contributed by atoms with Gasteiger partial charge in [-0.15, -0.1) is 0 Å². The minimum absolute atomic E-state index is 0.0339. The first-order valence-electron chi connectivity index (χ1n) is 9.10. The number of hydrogen-bond acceptors (Lipinski definition) is 3. The molecular formula is C24H20O3. The molecule has 0 N–H and O–H groups in total. The Labute approximate surface area is 157 Å². The van der Waals surface area contributed by atoms with E-state index in [2.05, 4.69) is 13.8 Å². The predicted molar refractivity (Wildman–Crippen MR) is 109 cm³/mol. The molecule has 4 rings (SSSR count). The molecule has 4 aromatic rings. The molecule has 0 atom stereocenters. The first-order valence-corrected chi connectivity index (χ1v) is 9.10. The number of fused-ring (bicyclic) bond motifs is 2. The molecular weight excluding hydrogens is 336 g/mol. The van der Waals surface area contributed by atoms with Crippen molar-refractivity contribution in [2.75, 3.05) is 0 Å². The van der Waals surface area contributed by atoms with E-state index in [-0.39, 0.29) is 12.2 Å². The lowest BCUT2D eigenvalue weighted by Crippen LogP contribution is -2.13. The van der Waals surface area contributed by atoms with Gasteiger partial charge in [-0.1, -0.05) is 62.4 Å². The normalized spacial score (nSPS) is 11.4. The van der Waals surface area contributed by atoms with Crippen LogP contribution in [-0.4, -0.2) is 5.78 Å². The zero-order valence-electron chi connectivity index (χ0n) is 15.4. The van der Waals surface area contributed by atoms with Gasteiger partial charge in [0.15, 0.2) is 5.78 Å². The summed E-state index contributed by atoms with van der Waals surface area (Å²) in [6, 6.07) is 21.1.